The van der Waals surface area contributed by atoms with Crippen LogP contribution in [0.1, 0.15) is 51.9 Å². The molecule has 4 amide bonds. The Balaban J connectivity index is 1.77. The van der Waals surface area contributed by atoms with Crippen LogP contribution in [-0.4, -0.2) is 54.6 Å². The van der Waals surface area contributed by atoms with Crippen LogP contribution in [0.4, 0.5) is 4.79 Å². The van der Waals surface area contributed by atoms with Crippen LogP contribution in [0, 0.1) is 5.92 Å². The number of unbranched alkanes of at least 4 members (excludes halogenated alkanes) is 4. The molecule has 158 valence electrons. The SMILES string of the molecule is CCCCCNC(=O)CCCCCN1C(=O)N=C2C=C(C(=O)OC)C=CC2C1=O. The minimum atomic E-state index is -0.657. The summed E-state index contributed by atoms with van der Waals surface area (Å²) in [7, 11) is 1.26. The summed E-state index contributed by atoms with van der Waals surface area (Å²) in [4.78, 5) is 53.3. The number of fused-ring (bicyclic) bond motifs is 1. The molecule has 0 aromatic heterocycles. The van der Waals surface area contributed by atoms with Gasteiger partial charge in [-0.25, -0.2) is 9.59 Å². The van der Waals surface area contributed by atoms with Crippen LogP contribution in [0.5, 0.6) is 0 Å². The highest BCUT2D eigenvalue weighted by molar-refractivity contribution is 6.23. The Bertz CT molecular complexity index is 739. The van der Waals surface area contributed by atoms with Crippen molar-refractivity contribution >= 4 is 29.5 Å². The maximum absolute atomic E-state index is 12.6. The highest BCUT2D eigenvalue weighted by Crippen LogP contribution is 2.23. The van der Waals surface area contributed by atoms with Crippen molar-refractivity contribution < 1.29 is 23.9 Å². The van der Waals surface area contributed by atoms with Crippen molar-refractivity contribution in [1.29, 1.82) is 0 Å². The fourth-order valence-corrected chi connectivity index (χ4v) is 3.21. The number of carbonyl (C=O) groups is 4. The number of hydrogen-bond donors (Lipinski definition) is 1. The van der Waals surface area contributed by atoms with Gasteiger partial charge in [-0.2, -0.15) is 4.99 Å². The topological polar surface area (TPSA) is 105 Å². The molecule has 1 N–H and O–H groups in total. The zero-order chi connectivity index (χ0) is 21.2. The summed E-state index contributed by atoms with van der Waals surface area (Å²) in [5, 5.41) is 2.90. The second kappa shape index (κ2) is 11.3. The Hall–Kier alpha value is -2.77. The van der Waals surface area contributed by atoms with E-state index in [9.17, 15) is 19.2 Å². The molecular formula is C21H29N3O5. The van der Waals surface area contributed by atoms with E-state index < -0.39 is 17.9 Å². The van der Waals surface area contributed by atoms with Gasteiger partial charge in [0.1, 0.15) is 0 Å². The number of ether oxygens (including phenoxy) is 1. The molecule has 29 heavy (non-hydrogen) atoms. The van der Waals surface area contributed by atoms with E-state index in [0.29, 0.717) is 25.8 Å². The van der Waals surface area contributed by atoms with E-state index in [2.05, 4.69) is 22.0 Å². The van der Waals surface area contributed by atoms with E-state index in [-0.39, 0.29) is 29.6 Å². The Kier molecular flexibility index (Phi) is 8.76. The molecule has 2 aliphatic rings. The third kappa shape index (κ3) is 6.37. The zero-order valence-corrected chi connectivity index (χ0v) is 17.1. The molecule has 8 heteroatoms. The summed E-state index contributed by atoms with van der Waals surface area (Å²) in [6, 6.07) is -0.620. The lowest BCUT2D eigenvalue weighted by Gasteiger charge is -2.28. The number of aliphatic imine (C=N–C) groups is 1. The molecule has 0 bridgehead atoms. The van der Waals surface area contributed by atoms with Gasteiger partial charge in [0.15, 0.2) is 0 Å². The average Bonchev–Trinajstić information content (AvgIpc) is 2.72. The van der Waals surface area contributed by atoms with E-state index in [1.807, 2.05) is 0 Å². The number of allylic oxidation sites excluding steroid dienone is 1. The van der Waals surface area contributed by atoms with Gasteiger partial charge < -0.3 is 10.1 Å². The summed E-state index contributed by atoms with van der Waals surface area (Å²) in [5.41, 5.74) is 0.517. The second-order valence-electron chi connectivity index (χ2n) is 7.10. The van der Waals surface area contributed by atoms with Gasteiger partial charge in [-0.05, 0) is 25.3 Å². The minimum absolute atomic E-state index is 0.0426. The molecule has 2 rings (SSSR count). The molecule has 1 aliphatic carbocycles. The predicted octanol–water partition coefficient (Wildman–Crippen LogP) is 2.54. The fraction of sp³-hybridized carbons (Fsp3) is 0.571. The molecule has 8 nitrogen and oxygen atoms in total. The van der Waals surface area contributed by atoms with Gasteiger partial charge in [0.2, 0.25) is 11.8 Å². The standard InChI is InChI=1S/C21H29N3O5/c1-3-4-7-12-22-18(25)9-6-5-8-13-24-19(26)16-11-10-15(20(27)29-2)14-17(16)23-21(24)28/h10-11,14,16H,3-9,12-13H2,1-2H3,(H,22,25). The summed E-state index contributed by atoms with van der Waals surface area (Å²) in [6.45, 7) is 3.10. The molecule has 0 spiro atoms. The number of methoxy groups -OCH3 is 1. The van der Waals surface area contributed by atoms with Gasteiger partial charge in [0.05, 0.1) is 24.3 Å². The highest BCUT2D eigenvalue weighted by Gasteiger charge is 2.36. The molecule has 0 saturated heterocycles. The summed E-state index contributed by atoms with van der Waals surface area (Å²) in [5.74, 6) is -1.50. The first-order valence-corrected chi connectivity index (χ1v) is 10.2. The number of hydrogen-bond acceptors (Lipinski definition) is 5. The Morgan fingerprint density at radius 3 is 2.69 bits per heavy atom. The van der Waals surface area contributed by atoms with Gasteiger partial charge in [0.25, 0.3) is 0 Å². The number of esters is 1. The number of rotatable bonds is 11. The lowest BCUT2D eigenvalue weighted by atomic mass is 9.92. The van der Waals surface area contributed by atoms with E-state index in [1.165, 1.54) is 19.3 Å². The van der Waals surface area contributed by atoms with Crippen molar-refractivity contribution in [1.82, 2.24) is 10.2 Å². The molecular weight excluding hydrogens is 374 g/mol. The van der Waals surface area contributed by atoms with E-state index in [4.69, 9.17) is 0 Å². The smallest absolute Gasteiger partial charge is 0.350 e. The molecule has 0 aromatic carbocycles. The maximum atomic E-state index is 12.6. The number of nitrogens with one attached hydrogen (secondary N) is 1. The monoisotopic (exact) mass is 403 g/mol. The number of carbonyl (C=O) groups excluding carboxylic acids is 4. The molecule has 0 radical (unpaired) electrons. The van der Waals surface area contributed by atoms with Crippen molar-refractivity contribution in [3.05, 3.63) is 23.8 Å². The maximum Gasteiger partial charge on any atom is 0.350 e. The first-order chi connectivity index (χ1) is 14.0. The van der Waals surface area contributed by atoms with Gasteiger partial charge in [0, 0.05) is 19.5 Å². The van der Waals surface area contributed by atoms with Crippen LogP contribution >= 0.6 is 0 Å². The van der Waals surface area contributed by atoms with Crippen molar-refractivity contribution in [2.24, 2.45) is 10.9 Å². The number of urea groups is 1. The quantitative estimate of drug-likeness (QED) is 0.422. The van der Waals surface area contributed by atoms with Crippen molar-refractivity contribution in [3.8, 4) is 0 Å². The van der Waals surface area contributed by atoms with Gasteiger partial charge >= 0.3 is 12.0 Å². The summed E-state index contributed by atoms with van der Waals surface area (Å²) < 4.78 is 4.65. The summed E-state index contributed by atoms with van der Waals surface area (Å²) in [6.07, 6.45) is 10.2. The third-order valence-corrected chi connectivity index (χ3v) is 4.89. The largest absolute Gasteiger partial charge is 0.465 e. The van der Waals surface area contributed by atoms with Crippen LogP contribution in [0.25, 0.3) is 0 Å². The van der Waals surface area contributed by atoms with Gasteiger partial charge in [-0.3, -0.25) is 14.5 Å². The lowest BCUT2D eigenvalue weighted by molar-refractivity contribution is -0.136. The predicted molar refractivity (Wildman–Crippen MR) is 108 cm³/mol. The molecule has 0 fully saturated rings. The van der Waals surface area contributed by atoms with Crippen molar-refractivity contribution in [3.63, 3.8) is 0 Å². The van der Waals surface area contributed by atoms with Crippen molar-refractivity contribution in [2.75, 3.05) is 20.2 Å². The number of amides is 4. The van der Waals surface area contributed by atoms with Gasteiger partial charge in [-0.1, -0.05) is 38.3 Å². The van der Waals surface area contributed by atoms with Crippen molar-refractivity contribution in [2.45, 2.75) is 51.9 Å². The highest BCUT2D eigenvalue weighted by atomic mass is 16.5. The van der Waals surface area contributed by atoms with E-state index in [0.717, 1.165) is 30.6 Å². The first-order valence-electron chi connectivity index (χ1n) is 10.2. The Morgan fingerprint density at radius 2 is 1.97 bits per heavy atom. The second-order valence-corrected chi connectivity index (χ2v) is 7.10. The molecule has 1 heterocycles. The zero-order valence-electron chi connectivity index (χ0n) is 17.1. The first kappa shape index (κ1) is 22.5. The molecule has 0 aromatic rings. The molecule has 1 unspecified atom stereocenters. The van der Waals surface area contributed by atoms with E-state index >= 15 is 0 Å². The Morgan fingerprint density at radius 1 is 1.17 bits per heavy atom. The lowest BCUT2D eigenvalue weighted by Crippen LogP contribution is -2.46. The van der Waals surface area contributed by atoms with Crippen LogP contribution in [-0.2, 0) is 19.1 Å². The molecule has 0 saturated carbocycles. The van der Waals surface area contributed by atoms with Crippen LogP contribution in [0.2, 0.25) is 0 Å². The molecule has 1 atom stereocenters. The normalized spacial score (nSPS) is 18.1. The average molecular weight is 403 g/mol. The van der Waals surface area contributed by atoms with Crippen LogP contribution < -0.4 is 5.32 Å². The minimum Gasteiger partial charge on any atom is -0.465 e. The number of imide groups is 1. The fourth-order valence-electron chi connectivity index (χ4n) is 3.21. The Labute approximate surface area is 171 Å². The third-order valence-electron chi connectivity index (χ3n) is 4.89. The van der Waals surface area contributed by atoms with E-state index in [1.54, 1.807) is 6.08 Å². The summed E-state index contributed by atoms with van der Waals surface area (Å²) >= 11 is 0. The molecule has 1 aliphatic heterocycles. The van der Waals surface area contributed by atoms with Crippen LogP contribution in [0.15, 0.2) is 28.8 Å². The number of nitrogens with zero attached hydrogens (tertiary/aromatic N) is 2. The van der Waals surface area contributed by atoms with Gasteiger partial charge in [-0.15, -0.1) is 0 Å². The van der Waals surface area contributed by atoms with Crippen LogP contribution in [0.3, 0.4) is 0 Å².